The average molecular weight is 475 g/mol. The second-order valence-electron chi connectivity index (χ2n) is 8.37. The van der Waals surface area contributed by atoms with Crippen LogP contribution in [-0.4, -0.2) is 62.6 Å². The Hall–Kier alpha value is -2.07. The third kappa shape index (κ3) is 5.46. The van der Waals surface area contributed by atoms with Crippen molar-refractivity contribution < 1.29 is 13.2 Å². The second-order valence-corrected chi connectivity index (χ2v) is 11.1. The predicted molar refractivity (Wildman–Crippen MR) is 130 cm³/mol. The van der Waals surface area contributed by atoms with E-state index in [1.807, 2.05) is 19.1 Å². The Kier molecular flexibility index (Phi) is 7.09. The van der Waals surface area contributed by atoms with Crippen LogP contribution in [-0.2, 0) is 21.4 Å². The van der Waals surface area contributed by atoms with Gasteiger partial charge in [0.2, 0.25) is 5.91 Å². The highest BCUT2D eigenvalue weighted by molar-refractivity contribution is 7.99. The van der Waals surface area contributed by atoms with Gasteiger partial charge in [0.05, 0.1) is 10.6 Å². The number of rotatable bonds is 6. The van der Waals surface area contributed by atoms with Gasteiger partial charge in [-0.15, -0.1) is 11.8 Å². The summed E-state index contributed by atoms with van der Waals surface area (Å²) >= 11 is 1.56. The van der Waals surface area contributed by atoms with Crippen molar-refractivity contribution in [3.8, 4) is 0 Å². The highest BCUT2D eigenvalue weighted by Crippen LogP contribution is 2.34. The summed E-state index contributed by atoms with van der Waals surface area (Å²) in [7, 11) is -3.77. The van der Waals surface area contributed by atoms with Crippen LogP contribution in [0.3, 0.4) is 0 Å². The van der Waals surface area contributed by atoms with Crippen LogP contribution in [0.25, 0.3) is 0 Å². The zero-order chi connectivity index (χ0) is 22.7. The Bertz CT molecular complexity index is 1070. The molecule has 2 aliphatic heterocycles. The summed E-state index contributed by atoms with van der Waals surface area (Å²) in [6, 6.07) is 12.4. The highest BCUT2D eigenvalue weighted by atomic mass is 32.2. The summed E-state index contributed by atoms with van der Waals surface area (Å²) in [5.41, 5.74) is 2.23. The third-order valence-corrected chi connectivity index (χ3v) is 8.69. The van der Waals surface area contributed by atoms with Crippen LogP contribution in [0.15, 0.2) is 52.3 Å². The number of anilines is 2. The molecule has 1 fully saturated rings. The van der Waals surface area contributed by atoms with Gasteiger partial charge in [-0.05, 0) is 42.4 Å². The molecule has 4 rings (SSSR count). The normalized spacial score (nSPS) is 20.3. The van der Waals surface area contributed by atoms with Gasteiger partial charge in [-0.1, -0.05) is 26.0 Å². The molecule has 0 spiro atoms. The maximum Gasteiger partial charge on any atom is 0.261 e. The first kappa shape index (κ1) is 23.1. The largest absolute Gasteiger partial charge is 0.325 e. The minimum Gasteiger partial charge on any atom is -0.325 e. The molecule has 2 aliphatic rings. The van der Waals surface area contributed by atoms with Crippen LogP contribution in [0, 0.1) is 5.92 Å². The molecule has 1 atom stereocenters. The average Bonchev–Trinajstić information content (AvgIpc) is 2.93. The summed E-state index contributed by atoms with van der Waals surface area (Å²) in [5, 5.41) is 2.84. The fourth-order valence-corrected chi connectivity index (χ4v) is 5.96. The molecule has 0 aliphatic carbocycles. The first-order valence-electron chi connectivity index (χ1n) is 11.0. The van der Waals surface area contributed by atoms with Crippen LogP contribution in [0.5, 0.6) is 0 Å². The van der Waals surface area contributed by atoms with Gasteiger partial charge in [0, 0.05) is 55.0 Å². The number of nitrogens with zero attached hydrogens (tertiary/aromatic N) is 2. The number of nitrogens with one attached hydrogen (secondary N) is 2. The molecule has 2 aromatic carbocycles. The van der Waals surface area contributed by atoms with Gasteiger partial charge in [-0.2, -0.15) is 0 Å². The minimum atomic E-state index is -3.77. The summed E-state index contributed by atoms with van der Waals surface area (Å²) in [6.45, 7) is 10.3. The first-order valence-corrected chi connectivity index (χ1v) is 13.4. The number of sulfonamides is 1. The van der Waals surface area contributed by atoms with Crippen LogP contribution in [0.2, 0.25) is 0 Å². The van der Waals surface area contributed by atoms with E-state index in [4.69, 9.17) is 0 Å². The molecule has 0 saturated carbocycles. The Morgan fingerprint density at radius 3 is 2.44 bits per heavy atom. The van der Waals surface area contributed by atoms with Crippen molar-refractivity contribution in [1.82, 2.24) is 9.80 Å². The van der Waals surface area contributed by atoms with E-state index in [2.05, 4.69) is 26.8 Å². The van der Waals surface area contributed by atoms with E-state index in [0.29, 0.717) is 17.1 Å². The van der Waals surface area contributed by atoms with E-state index in [0.717, 1.165) is 49.7 Å². The molecular weight excluding hydrogens is 444 g/mol. The van der Waals surface area contributed by atoms with Crippen molar-refractivity contribution in [3.05, 3.63) is 48.0 Å². The molecule has 0 unspecified atom stereocenters. The number of piperazine rings is 1. The maximum absolute atomic E-state index is 12.9. The lowest BCUT2D eigenvalue weighted by molar-refractivity contribution is -0.118. The molecule has 172 valence electrons. The van der Waals surface area contributed by atoms with E-state index in [9.17, 15) is 13.2 Å². The number of benzene rings is 2. The lowest BCUT2D eigenvalue weighted by Gasteiger charge is -2.34. The molecular formula is C23H30N4O3S2. The Labute approximate surface area is 194 Å². The lowest BCUT2D eigenvalue weighted by Crippen LogP contribution is -2.45. The molecule has 0 bridgehead atoms. The third-order valence-electron chi connectivity index (χ3n) is 5.98. The number of likely N-dealkylation sites (N-methyl/N-ethyl adjacent to an activating group) is 1. The number of carbonyl (C=O) groups is 1. The molecule has 1 amide bonds. The molecule has 7 nitrogen and oxygen atoms in total. The number of hydrogen-bond donors (Lipinski definition) is 2. The number of amides is 1. The maximum atomic E-state index is 12.9. The van der Waals surface area contributed by atoms with Gasteiger partial charge in [-0.25, -0.2) is 8.42 Å². The summed E-state index contributed by atoms with van der Waals surface area (Å²) < 4.78 is 28.5. The van der Waals surface area contributed by atoms with E-state index in [1.54, 1.807) is 36.0 Å². The van der Waals surface area contributed by atoms with Crippen molar-refractivity contribution in [2.45, 2.75) is 30.2 Å². The van der Waals surface area contributed by atoms with Gasteiger partial charge in [-0.3, -0.25) is 14.4 Å². The van der Waals surface area contributed by atoms with Gasteiger partial charge in [0.1, 0.15) is 0 Å². The number of fused-ring (bicyclic) bond motifs is 1. The monoisotopic (exact) mass is 474 g/mol. The lowest BCUT2D eigenvalue weighted by atomic mass is 10.2. The highest BCUT2D eigenvalue weighted by Gasteiger charge is 2.23. The van der Waals surface area contributed by atoms with Crippen molar-refractivity contribution >= 4 is 39.1 Å². The molecule has 0 aromatic heterocycles. The van der Waals surface area contributed by atoms with Gasteiger partial charge >= 0.3 is 0 Å². The molecule has 9 heteroatoms. The van der Waals surface area contributed by atoms with Crippen LogP contribution < -0.4 is 10.0 Å². The van der Waals surface area contributed by atoms with Crippen LogP contribution in [0.1, 0.15) is 19.4 Å². The van der Waals surface area contributed by atoms with Crippen molar-refractivity contribution in [1.29, 1.82) is 0 Å². The fourth-order valence-electron chi connectivity index (χ4n) is 3.86. The molecule has 1 saturated heterocycles. The van der Waals surface area contributed by atoms with Crippen LogP contribution in [0.4, 0.5) is 11.4 Å². The van der Waals surface area contributed by atoms with Crippen molar-refractivity contribution in [2.24, 2.45) is 5.92 Å². The van der Waals surface area contributed by atoms with Gasteiger partial charge < -0.3 is 10.2 Å². The second kappa shape index (κ2) is 9.82. The summed E-state index contributed by atoms with van der Waals surface area (Å²) in [4.78, 5) is 18.0. The molecule has 32 heavy (non-hydrogen) atoms. The van der Waals surface area contributed by atoms with Crippen molar-refractivity contribution in [2.75, 3.05) is 48.5 Å². The Morgan fingerprint density at radius 1 is 1.06 bits per heavy atom. The van der Waals surface area contributed by atoms with E-state index < -0.39 is 10.0 Å². The number of thioether (sulfide) groups is 1. The SMILES string of the molecule is CCN1CCN(Cc2ccc(NS(=O)(=O)c3ccc4c(c3)NC(=O)[C@H](C)CS4)cc2)CC1. The molecule has 0 radical (unpaired) electrons. The Balaban J connectivity index is 1.41. The van der Waals surface area contributed by atoms with E-state index in [-0.39, 0.29) is 16.7 Å². The summed E-state index contributed by atoms with van der Waals surface area (Å²) in [5.74, 6) is 0.453. The molecule has 2 heterocycles. The van der Waals surface area contributed by atoms with Gasteiger partial charge in [0.15, 0.2) is 0 Å². The zero-order valence-electron chi connectivity index (χ0n) is 18.5. The predicted octanol–water partition coefficient (Wildman–Crippen LogP) is 3.31. The van der Waals surface area contributed by atoms with Gasteiger partial charge in [0.25, 0.3) is 10.0 Å². The summed E-state index contributed by atoms with van der Waals surface area (Å²) in [6.07, 6.45) is 0. The van der Waals surface area contributed by atoms with Crippen LogP contribution >= 0.6 is 11.8 Å². The quantitative estimate of drug-likeness (QED) is 0.669. The zero-order valence-corrected chi connectivity index (χ0v) is 20.1. The number of hydrogen-bond acceptors (Lipinski definition) is 6. The minimum absolute atomic E-state index is 0.0922. The van der Waals surface area contributed by atoms with E-state index in [1.165, 1.54) is 6.07 Å². The van der Waals surface area contributed by atoms with E-state index >= 15 is 0 Å². The van der Waals surface area contributed by atoms with Crippen molar-refractivity contribution in [3.63, 3.8) is 0 Å². The number of carbonyl (C=O) groups excluding carboxylic acids is 1. The molecule has 2 N–H and O–H groups in total. The topological polar surface area (TPSA) is 81.8 Å². The fraction of sp³-hybridized carbons (Fsp3) is 0.435. The first-order chi connectivity index (χ1) is 15.3. The Morgan fingerprint density at radius 2 is 1.75 bits per heavy atom. The smallest absolute Gasteiger partial charge is 0.261 e. The standard InChI is InChI=1S/C23H30N4O3S2/c1-3-26-10-12-27(13-11-26)15-18-4-6-19(7-5-18)25-32(29,30)20-8-9-22-21(14-20)24-23(28)17(2)16-31-22/h4-9,14,17,25H,3,10-13,15-16H2,1-2H3,(H,24,28)/t17-/m1/s1. The molecule has 2 aromatic rings.